The third kappa shape index (κ3) is 2.68. The van der Waals surface area contributed by atoms with Gasteiger partial charge < -0.3 is 14.6 Å². The molecule has 1 aliphatic heterocycles. The van der Waals surface area contributed by atoms with Gasteiger partial charge in [-0.2, -0.15) is 0 Å². The standard InChI is InChI=1S/C19H25N3O3/c1-25-13-19(9-4-10-19)17(23)21-11-7-14(8-12-21)22-16-6-3-2-5-15(16)20-18(22)24/h2-3,5-6,14H,4,7-13H2,1H3,(H,20,24). The molecule has 2 aromatic rings. The van der Waals surface area contributed by atoms with E-state index in [1.54, 1.807) is 7.11 Å². The first-order valence-electron chi connectivity index (χ1n) is 9.12. The molecule has 0 atom stereocenters. The lowest BCUT2D eigenvalue weighted by Crippen LogP contribution is -2.52. The number of H-pyrrole nitrogens is 1. The van der Waals surface area contributed by atoms with E-state index in [2.05, 4.69) is 4.98 Å². The number of piperidine rings is 1. The van der Waals surface area contributed by atoms with Gasteiger partial charge in [-0.25, -0.2) is 4.79 Å². The van der Waals surface area contributed by atoms with Crippen LogP contribution in [0.2, 0.25) is 0 Å². The molecule has 0 bridgehead atoms. The van der Waals surface area contributed by atoms with Crippen LogP contribution in [0.4, 0.5) is 0 Å². The topological polar surface area (TPSA) is 67.3 Å². The lowest BCUT2D eigenvalue weighted by atomic mass is 9.68. The Hall–Kier alpha value is -2.08. The van der Waals surface area contributed by atoms with Crippen molar-refractivity contribution in [1.29, 1.82) is 0 Å². The van der Waals surface area contributed by atoms with Gasteiger partial charge in [0.15, 0.2) is 0 Å². The minimum Gasteiger partial charge on any atom is -0.384 e. The molecule has 0 radical (unpaired) electrons. The van der Waals surface area contributed by atoms with Gasteiger partial charge in [0.05, 0.1) is 23.1 Å². The Morgan fingerprint density at radius 1 is 1.28 bits per heavy atom. The van der Waals surface area contributed by atoms with E-state index in [0.29, 0.717) is 19.7 Å². The fourth-order valence-electron chi connectivity index (χ4n) is 4.40. The van der Waals surface area contributed by atoms with Crippen LogP contribution in [0.5, 0.6) is 0 Å². The number of para-hydroxylation sites is 2. The normalized spacial score (nSPS) is 20.6. The lowest BCUT2D eigenvalue weighted by molar-refractivity contribution is -0.153. The van der Waals surface area contributed by atoms with Crippen LogP contribution in [-0.2, 0) is 9.53 Å². The van der Waals surface area contributed by atoms with Crippen molar-refractivity contribution in [2.75, 3.05) is 26.8 Å². The van der Waals surface area contributed by atoms with Crippen LogP contribution < -0.4 is 5.69 Å². The number of imidazole rings is 1. The van der Waals surface area contributed by atoms with Gasteiger partial charge in [0.2, 0.25) is 5.91 Å². The molecule has 2 aliphatic rings. The zero-order chi connectivity index (χ0) is 17.4. The van der Waals surface area contributed by atoms with Gasteiger partial charge in [-0.1, -0.05) is 18.6 Å². The largest absolute Gasteiger partial charge is 0.384 e. The number of benzene rings is 1. The van der Waals surface area contributed by atoms with Crippen LogP contribution in [0.3, 0.4) is 0 Å². The third-order valence-corrected chi connectivity index (χ3v) is 5.93. The Morgan fingerprint density at radius 3 is 2.64 bits per heavy atom. The van der Waals surface area contributed by atoms with Crippen molar-refractivity contribution in [2.24, 2.45) is 5.41 Å². The van der Waals surface area contributed by atoms with E-state index in [-0.39, 0.29) is 23.1 Å². The van der Waals surface area contributed by atoms with E-state index < -0.39 is 0 Å². The molecule has 2 heterocycles. The quantitative estimate of drug-likeness (QED) is 0.926. The minimum absolute atomic E-state index is 0.0548. The molecule has 134 valence electrons. The Balaban J connectivity index is 1.49. The highest BCUT2D eigenvalue weighted by atomic mass is 16.5. The highest BCUT2D eigenvalue weighted by molar-refractivity contribution is 5.84. The van der Waals surface area contributed by atoms with Crippen LogP contribution >= 0.6 is 0 Å². The van der Waals surface area contributed by atoms with Crippen LogP contribution in [0.25, 0.3) is 11.0 Å². The van der Waals surface area contributed by atoms with Crippen molar-refractivity contribution in [3.05, 3.63) is 34.7 Å². The van der Waals surface area contributed by atoms with E-state index in [1.165, 1.54) is 0 Å². The monoisotopic (exact) mass is 343 g/mol. The van der Waals surface area contributed by atoms with Crippen molar-refractivity contribution >= 4 is 16.9 Å². The Bertz CT molecular complexity index is 826. The van der Waals surface area contributed by atoms with Gasteiger partial charge in [-0.15, -0.1) is 0 Å². The predicted molar refractivity (Wildman–Crippen MR) is 95.6 cm³/mol. The number of methoxy groups -OCH3 is 1. The van der Waals surface area contributed by atoms with E-state index >= 15 is 0 Å². The number of rotatable bonds is 4. The maximum Gasteiger partial charge on any atom is 0.326 e. The number of amides is 1. The summed E-state index contributed by atoms with van der Waals surface area (Å²) < 4.78 is 7.17. The van der Waals surface area contributed by atoms with Gasteiger partial charge in [0.25, 0.3) is 0 Å². The molecular weight excluding hydrogens is 318 g/mol. The molecular formula is C19H25N3O3. The fraction of sp³-hybridized carbons (Fsp3) is 0.579. The van der Waals surface area contributed by atoms with E-state index in [4.69, 9.17) is 4.74 Å². The molecule has 6 heteroatoms. The molecule has 25 heavy (non-hydrogen) atoms. The number of hydrogen-bond donors (Lipinski definition) is 1. The average molecular weight is 343 g/mol. The van der Waals surface area contributed by atoms with Gasteiger partial charge in [0, 0.05) is 26.2 Å². The molecule has 6 nitrogen and oxygen atoms in total. The Morgan fingerprint density at radius 2 is 2.00 bits per heavy atom. The van der Waals surface area contributed by atoms with Gasteiger partial charge >= 0.3 is 5.69 Å². The second-order valence-corrected chi connectivity index (χ2v) is 7.41. The van der Waals surface area contributed by atoms with Gasteiger partial charge in [-0.05, 0) is 37.8 Å². The summed E-state index contributed by atoms with van der Waals surface area (Å²) in [6, 6.07) is 7.93. The van der Waals surface area contributed by atoms with Crippen molar-refractivity contribution in [2.45, 2.75) is 38.1 Å². The first kappa shape index (κ1) is 16.4. The summed E-state index contributed by atoms with van der Waals surface area (Å²) in [5.74, 6) is 0.241. The Kier molecular flexibility index (Phi) is 4.15. The van der Waals surface area contributed by atoms with Crippen LogP contribution in [0, 0.1) is 5.41 Å². The molecule has 0 spiro atoms. The number of likely N-dealkylation sites (tertiary alicyclic amines) is 1. The lowest BCUT2D eigenvalue weighted by Gasteiger charge is -2.44. The van der Waals surface area contributed by atoms with Crippen molar-refractivity contribution in [3.63, 3.8) is 0 Å². The summed E-state index contributed by atoms with van der Waals surface area (Å²) in [6.45, 7) is 1.94. The first-order chi connectivity index (χ1) is 12.1. The van der Waals surface area contributed by atoms with Crippen LogP contribution in [0.15, 0.2) is 29.1 Å². The minimum atomic E-state index is -0.292. The molecule has 0 unspecified atom stereocenters. The maximum absolute atomic E-state index is 12.9. The second-order valence-electron chi connectivity index (χ2n) is 7.41. The summed E-state index contributed by atoms with van der Waals surface area (Å²) in [5, 5.41) is 0. The zero-order valence-electron chi connectivity index (χ0n) is 14.7. The smallest absolute Gasteiger partial charge is 0.326 e. The first-order valence-corrected chi connectivity index (χ1v) is 9.12. The second kappa shape index (κ2) is 6.33. The molecule has 1 saturated heterocycles. The predicted octanol–water partition coefficient (Wildman–Crippen LogP) is 2.31. The number of nitrogens with one attached hydrogen (secondary N) is 1. The number of carbonyl (C=O) groups is 1. The third-order valence-electron chi connectivity index (χ3n) is 5.93. The number of hydrogen-bond acceptors (Lipinski definition) is 3. The Labute approximate surface area is 146 Å². The van der Waals surface area contributed by atoms with E-state index in [1.807, 2.05) is 33.7 Å². The SMILES string of the molecule is COCC1(C(=O)N2CCC(n3c(=O)[nH]c4ccccc43)CC2)CCC1. The molecule has 4 rings (SSSR count). The summed E-state index contributed by atoms with van der Waals surface area (Å²) in [4.78, 5) is 30.2. The highest BCUT2D eigenvalue weighted by Gasteiger charge is 2.46. The van der Waals surface area contributed by atoms with E-state index in [0.717, 1.165) is 43.1 Å². The van der Waals surface area contributed by atoms with Gasteiger partial charge in [0.1, 0.15) is 0 Å². The highest BCUT2D eigenvalue weighted by Crippen LogP contribution is 2.43. The summed E-state index contributed by atoms with van der Waals surface area (Å²) >= 11 is 0. The average Bonchev–Trinajstić information content (AvgIpc) is 2.93. The fourth-order valence-corrected chi connectivity index (χ4v) is 4.40. The van der Waals surface area contributed by atoms with Crippen molar-refractivity contribution < 1.29 is 9.53 Å². The number of fused-ring (bicyclic) bond motifs is 1. The molecule has 2 fully saturated rings. The molecule has 1 aliphatic carbocycles. The summed E-state index contributed by atoms with van der Waals surface area (Å²) in [7, 11) is 1.67. The number of ether oxygens (including phenoxy) is 1. The van der Waals surface area contributed by atoms with Gasteiger partial charge in [-0.3, -0.25) is 9.36 Å². The van der Waals surface area contributed by atoms with Crippen molar-refractivity contribution in [3.8, 4) is 0 Å². The molecule has 1 aromatic heterocycles. The molecule has 1 aromatic carbocycles. The number of nitrogens with zero attached hydrogens (tertiary/aromatic N) is 2. The van der Waals surface area contributed by atoms with Crippen LogP contribution in [0.1, 0.15) is 38.1 Å². The molecule has 1 N–H and O–H groups in total. The van der Waals surface area contributed by atoms with Crippen molar-refractivity contribution in [1.82, 2.24) is 14.5 Å². The van der Waals surface area contributed by atoms with E-state index in [9.17, 15) is 9.59 Å². The number of aromatic amines is 1. The number of carbonyl (C=O) groups excluding carboxylic acids is 1. The summed E-state index contributed by atoms with van der Waals surface area (Å²) in [6.07, 6.45) is 4.60. The summed E-state index contributed by atoms with van der Waals surface area (Å²) in [5.41, 5.74) is 1.48. The molecule has 1 saturated carbocycles. The molecule has 1 amide bonds. The van der Waals surface area contributed by atoms with Crippen LogP contribution in [-0.4, -0.2) is 47.2 Å². The zero-order valence-corrected chi connectivity index (χ0v) is 14.7. The number of aromatic nitrogens is 2. The maximum atomic E-state index is 12.9.